The number of hydrogen-bond acceptors (Lipinski definition) is 2. The maximum atomic E-state index is 9.01. The number of nitrogens with zero attached hydrogens (tertiary/aromatic N) is 2. The molecule has 1 aromatic heterocycles. The second kappa shape index (κ2) is 8.74. The van der Waals surface area contributed by atoms with Crippen LogP contribution in [0.4, 0.5) is 0 Å². The molecule has 0 saturated heterocycles. The van der Waals surface area contributed by atoms with Gasteiger partial charge >= 0.3 is 0 Å². The highest BCUT2D eigenvalue weighted by Gasteiger charge is 2.14. The quantitative estimate of drug-likeness (QED) is 0.665. The average molecular weight is 261 g/mol. The molecule has 0 aliphatic heterocycles. The van der Waals surface area contributed by atoms with Gasteiger partial charge in [0.2, 0.25) is 0 Å². The van der Waals surface area contributed by atoms with Gasteiger partial charge in [0.15, 0.2) is 0 Å². The van der Waals surface area contributed by atoms with Crippen LogP contribution in [0, 0.1) is 11.3 Å². The summed E-state index contributed by atoms with van der Waals surface area (Å²) in [6.07, 6.45) is 9.74. The molecular weight excluding hydrogens is 234 g/mol. The van der Waals surface area contributed by atoms with Gasteiger partial charge in [0.05, 0.1) is 17.7 Å². The van der Waals surface area contributed by atoms with Crippen molar-refractivity contribution in [2.75, 3.05) is 0 Å². The first-order valence-electron chi connectivity index (χ1n) is 7.70. The van der Waals surface area contributed by atoms with Gasteiger partial charge in [0, 0.05) is 12.1 Å². The molecule has 1 N–H and O–H groups in total. The lowest BCUT2D eigenvalue weighted by Gasteiger charge is -1.99. The Labute approximate surface area is 117 Å². The first-order valence-corrected chi connectivity index (χ1v) is 7.70. The third-order valence-electron chi connectivity index (χ3n) is 3.58. The number of H-pyrrole nitrogens is 1. The summed E-state index contributed by atoms with van der Waals surface area (Å²) in [6, 6.07) is 2.28. The fourth-order valence-electron chi connectivity index (χ4n) is 2.36. The number of nitrogens with one attached hydrogen (secondary N) is 1. The van der Waals surface area contributed by atoms with E-state index in [-0.39, 0.29) is 5.92 Å². The summed E-state index contributed by atoms with van der Waals surface area (Å²) in [5.74, 6) is 0.953. The highest BCUT2D eigenvalue weighted by molar-refractivity contribution is 5.23. The Balaban J connectivity index is 2.42. The summed E-state index contributed by atoms with van der Waals surface area (Å²) in [7, 11) is 0. The first kappa shape index (κ1) is 15.8. The number of unbranched alkanes of at least 4 members (excludes halogenated alkanes) is 5. The largest absolute Gasteiger partial charge is 0.346 e. The summed E-state index contributed by atoms with van der Waals surface area (Å²) in [5.41, 5.74) is 2.08. The molecule has 1 atom stereocenters. The monoisotopic (exact) mass is 261 g/mol. The Bertz CT molecular complexity index is 401. The van der Waals surface area contributed by atoms with Crippen LogP contribution >= 0.6 is 0 Å². The number of hydrogen-bond donors (Lipinski definition) is 1. The minimum Gasteiger partial charge on any atom is -0.346 e. The molecule has 0 aliphatic carbocycles. The molecule has 1 rings (SSSR count). The van der Waals surface area contributed by atoms with Crippen molar-refractivity contribution < 1.29 is 0 Å². The topological polar surface area (TPSA) is 52.5 Å². The zero-order valence-corrected chi connectivity index (χ0v) is 12.6. The summed E-state index contributed by atoms with van der Waals surface area (Å²) in [6.45, 7) is 6.27. The van der Waals surface area contributed by atoms with E-state index >= 15 is 0 Å². The highest BCUT2D eigenvalue weighted by atomic mass is 14.9. The third kappa shape index (κ3) is 5.06. The van der Waals surface area contributed by atoms with Crippen LogP contribution in [0.5, 0.6) is 0 Å². The van der Waals surface area contributed by atoms with E-state index in [9.17, 15) is 0 Å². The Hall–Kier alpha value is -1.30. The lowest BCUT2D eigenvalue weighted by Crippen LogP contribution is -1.95. The van der Waals surface area contributed by atoms with Crippen LogP contribution in [0.3, 0.4) is 0 Å². The second-order valence-corrected chi connectivity index (χ2v) is 5.27. The van der Waals surface area contributed by atoms with E-state index in [0.29, 0.717) is 0 Å². The summed E-state index contributed by atoms with van der Waals surface area (Å²) in [4.78, 5) is 7.99. The van der Waals surface area contributed by atoms with Gasteiger partial charge in [-0.05, 0) is 19.8 Å². The lowest BCUT2D eigenvalue weighted by molar-refractivity contribution is 0.601. The normalized spacial score (nSPS) is 12.3. The molecule has 0 radical (unpaired) electrons. The van der Waals surface area contributed by atoms with E-state index in [2.05, 4.69) is 29.9 Å². The van der Waals surface area contributed by atoms with E-state index in [4.69, 9.17) is 5.26 Å². The maximum Gasteiger partial charge on any atom is 0.106 e. The van der Waals surface area contributed by atoms with Crippen LogP contribution in [-0.4, -0.2) is 9.97 Å². The van der Waals surface area contributed by atoms with E-state index in [1.807, 2.05) is 6.92 Å². The molecule has 106 valence electrons. The van der Waals surface area contributed by atoms with Gasteiger partial charge in [-0.15, -0.1) is 0 Å². The van der Waals surface area contributed by atoms with Gasteiger partial charge in [-0.3, -0.25) is 0 Å². The summed E-state index contributed by atoms with van der Waals surface area (Å²) < 4.78 is 0. The molecule has 0 spiro atoms. The molecule has 0 aromatic carbocycles. The minimum absolute atomic E-state index is 0.107. The molecule has 1 heterocycles. The molecular formula is C16H27N3. The fourth-order valence-corrected chi connectivity index (χ4v) is 2.36. The maximum absolute atomic E-state index is 9.01. The molecule has 1 unspecified atom stereocenters. The Morgan fingerprint density at radius 1 is 1.16 bits per heavy atom. The zero-order chi connectivity index (χ0) is 14.1. The van der Waals surface area contributed by atoms with E-state index in [1.165, 1.54) is 38.5 Å². The number of rotatable bonds is 9. The van der Waals surface area contributed by atoms with Crippen LogP contribution in [0.25, 0.3) is 0 Å². The molecule has 3 heteroatoms. The molecule has 3 nitrogen and oxygen atoms in total. The Morgan fingerprint density at radius 2 is 1.84 bits per heavy atom. The highest BCUT2D eigenvalue weighted by Crippen LogP contribution is 2.18. The van der Waals surface area contributed by atoms with Crippen LogP contribution in [0.1, 0.15) is 82.4 Å². The molecule has 0 bridgehead atoms. The van der Waals surface area contributed by atoms with E-state index < -0.39 is 0 Å². The zero-order valence-electron chi connectivity index (χ0n) is 12.6. The van der Waals surface area contributed by atoms with Crippen LogP contribution in [0.15, 0.2) is 0 Å². The van der Waals surface area contributed by atoms with Crippen molar-refractivity contribution in [2.24, 2.45) is 0 Å². The van der Waals surface area contributed by atoms with Gasteiger partial charge < -0.3 is 4.98 Å². The standard InChI is InChI=1S/C16H27N3/c1-4-6-7-8-9-10-11-15-18-14(5-2)16(19-15)13(3)12-17/h13H,4-11H2,1-3H3,(H,18,19). The van der Waals surface area contributed by atoms with Crippen molar-refractivity contribution in [2.45, 2.75) is 78.1 Å². The van der Waals surface area contributed by atoms with Gasteiger partial charge in [-0.1, -0.05) is 46.0 Å². The molecule has 0 amide bonds. The number of aromatic amines is 1. The molecule has 19 heavy (non-hydrogen) atoms. The predicted molar refractivity (Wildman–Crippen MR) is 79.1 cm³/mol. The Morgan fingerprint density at radius 3 is 2.47 bits per heavy atom. The molecule has 0 fully saturated rings. The number of imidazole rings is 1. The lowest BCUT2D eigenvalue weighted by atomic mass is 10.1. The first-order chi connectivity index (χ1) is 9.22. The smallest absolute Gasteiger partial charge is 0.106 e. The fraction of sp³-hybridized carbons (Fsp3) is 0.750. The minimum atomic E-state index is -0.107. The van der Waals surface area contributed by atoms with Crippen molar-refractivity contribution in [1.29, 1.82) is 5.26 Å². The number of aromatic nitrogens is 2. The van der Waals surface area contributed by atoms with Crippen LogP contribution < -0.4 is 0 Å². The van der Waals surface area contributed by atoms with Crippen molar-refractivity contribution in [1.82, 2.24) is 9.97 Å². The van der Waals surface area contributed by atoms with Crippen LogP contribution in [0.2, 0.25) is 0 Å². The van der Waals surface area contributed by atoms with Gasteiger partial charge in [0.1, 0.15) is 5.82 Å². The third-order valence-corrected chi connectivity index (χ3v) is 3.58. The second-order valence-electron chi connectivity index (χ2n) is 5.27. The van der Waals surface area contributed by atoms with Crippen molar-refractivity contribution in [3.8, 4) is 6.07 Å². The number of nitriles is 1. The van der Waals surface area contributed by atoms with E-state index in [1.54, 1.807) is 0 Å². The summed E-state index contributed by atoms with van der Waals surface area (Å²) >= 11 is 0. The molecule has 0 aliphatic rings. The van der Waals surface area contributed by atoms with Crippen molar-refractivity contribution >= 4 is 0 Å². The van der Waals surface area contributed by atoms with E-state index in [0.717, 1.165) is 30.1 Å². The SMILES string of the molecule is CCCCCCCCc1nc(C(C)C#N)c(CC)[nH]1. The van der Waals surface area contributed by atoms with Crippen LogP contribution in [-0.2, 0) is 12.8 Å². The average Bonchev–Trinajstić information content (AvgIpc) is 2.85. The molecule has 1 aromatic rings. The van der Waals surface area contributed by atoms with Gasteiger partial charge in [-0.25, -0.2) is 4.98 Å². The van der Waals surface area contributed by atoms with Gasteiger partial charge in [-0.2, -0.15) is 5.26 Å². The van der Waals surface area contributed by atoms with Crippen molar-refractivity contribution in [3.05, 3.63) is 17.2 Å². The van der Waals surface area contributed by atoms with Crippen molar-refractivity contribution in [3.63, 3.8) is 0 Å². The predicted octanol–water partition coefficient (Wildman–Crippen LogP) is 4.50. The van der Waals surface area contributed by atoms with Gasteiger partial charge in [0.25, 0.3) is 0 Å². The molecule has 0 saturated carbocycles. The Kier molecular flexibility index (Phi) is 7.25. The number of aryl methyl sites for hydroxylation is 2. The summed E-state index contributed by atoms with van der Waals surface area (Å²) in [5, 5.41) is 9.01.